The third-order valence-corrected chi connectivity index (χ3v) is 7.60. The van der Waals surface area contributed by atoms with Crippen molar-refractivity contribution in [2.45, 2.75) is 24.7 Å². The lowest BCUT2D eigenvalue weighted by Gasteiger charge is -2.06. The normalized spacial score (nSPS) is 12.0. The zero-order valence-electron chi connectivity index (χ0n) is 22.2. The molecule has 0 aliphatic carbocycles. The second-order valence-electron chi connectivity index (χ2n) is 9.11. The molecule has 1 unspecified atom stereocenters. The third kappa shape index (κ3) is 7.46. The molecule has 4 rings (SSSR count). The minimum Gasteiger partial charge on any atom is -0.481 e. The van der Waals surface area contributed by atoms with Crippen LogP contribution in [0.25, 0.3) is 0 Å². The molecule has 0 saturated carbocycles. The number of aliphatic carboxylic acids is 1. The van der Waals surface area contributed by atoms with Crippen LogP contribution in [0.3, 0.4) is 0 Å². The van der Waals surface area contributed by atoms with Crippen LogP contribution in [0.2, 0.25) is 0 Å². The average molecular weight is 571 g/mol. The van der Waals surface area contributed by atoms with E-state index >= 15 is 0 Å². The first-order chi connectivity index (χ1) is 19.5. The van der Waals surface area contributed by atoms with Gasteiger partial charge in [0, 0.05) is 40.6 Å². The Morgan fingerprint density at radius 3 is 2.54 bits per heavy atom. The van der Waals surface area contributed by atoms with E-state index in [1.807, 2.05) is 0 Å². The zero-order chi connectivity index (χ0) is 29.6. The number of carboxylic acid groups (broad SMARTS) is 1. The third-order valence-electron chi connectivity index (χ3n) is 5.94. The maximum Gasteiger partial charge on any atom is 0.303 e. The van der Waals surface area contributed by atoms with Crippen molar-refractivity contribution in [3.8, 4) is 11.8 Å². The average Bonchev–Trinajstić information content (AvgIpc) is 3.37. The molecule has 208 valence electrons. The molecule has 0 saturated heterocycles. The lowest BCUT2D eigenvalue weighted by atomic mass is 10.1. The van der Waals surface area contributed by atoms with E-state index < -0.39 is 21.6 Å². The van der Waals surface area contributed by atoms with Crippen LogP contribution in [-0.2, 0) is 20.9 Å². The molecule has 0 radical (unpaired) electrons. The van der Waals surface area contributed by atoms with E-state index in [4.69, 9.17) is 15.3 Å². The number of carboxylic acids is 1. The number of nitrogens with one attached hydrogen (secondary N) is 1. The predicted octanol–water partition coefficient (Wildman–Crippen LogP) is 4.53. The lowest BCUT2D eigenvalue weighted by Crippen LogP contribution is -2.12. The molecule has 11 heteroatoms. The minimum atomic E-state index is -3.09. The van der Waals surface area contributed by atoms with Gasteiger partial charge in [-0.3, -0.25) is 14.4 Å². The van der Waals surface area contributed by atoms with Crippen LogP contribution in [-0.4, -0.2) is 38.3 Å². The number of nitrogens with zero attached hydrogens (tertiary/aromatic N) is 2. The molecule has 4 N–H and O–H groups in total. The van der Waals surface area contributed by atoms with Crippen LogP contribution in [0.1, 0.15) is 49.6 Å². The van der Waals surface area contributed by atoms with Crippen LogP contribution >= 0.6 is 0 Å². The van der Waals surface area contributed by atoms with Gasteiger partial charge in [0.05, 0.1) is 27.1 Å². The van der Waals surface area contributed by atoms with Crippen molar-refractivity contribution < 1.29 is 28.1 Å². The van der Waals surface area contributed by atoms with Crippen molar-refractivity contribution in [2.24, 2.45) is 4.36 Å². The summed E-state index contributed by atoms with van der Waals surface area (Å²) in [7, 11) is -3.09. The van der Waals surface area contributed by atoms with E-state index in [1.165, 1.54) is 24.8 Å². The molecular weight excluding hydrogens is 544 g/mol. The maximum atomic E-state index is 13.2. The summed E-state index contributed by atoms with van der Waals surface area (Å²) < 4.78 is 22.4. The van der Waals surface area contributed by atoms with E-state index in [9.17, 15) is 18.6 Å². The summed E-state index contributed by atoms with van der Waals surface area (Å²) >= 11 is 0. The van der Waals surface area contributed by atoms with Gasteiger partial charge in [0.15, 0.2) is 5.76 Å². The second kappa shape index (κ2) is 12.3. The molecule has 2 aromatic carbocycles. The number of anilines is 2. The number of carbonyl (C=O) groups is 3. The molecule has 41 heavy (non-hydrogen) atoms. The highest BCUT2D eigenvalue weighted by Gasteiger charge is 2.15. The smallest absolute Gasteiger partial charge is 0.303 e. The second-order valence-corrected chi connectivity index (χ2v) is 11.4. The summed E-state index contributed by atoms with van der Waals surface area (Å²) in [6.45, 7) is 1.77. The Labute approximate surface area is 236 Å². The van der Waals surface area contributed by atoms with E-state index in [2.05, 4.69) is 26.5 Å². The van der Waals surface area contributed by atoms with E-state index in [1.54, 1.807) is 61.5 Å². The first kappa shape index (κ1) is 28.8. The minimum absolute atomic E-state index is 0.0213. The number of hydrogen-bond donors (Lipinski definition) is 3. The van der Waals surface area contributed by atoms with Gasteiger partial charge in [-0.2, -0.15) is 4.36 Å². The molecule has 1 atom stereocenters. The Morgan fingerprint density at radius 2 is 1.85 bits per heavy atom. The van der Waals surface area contributed by atoms with Crippen LogP contribution in [0, 0.1) is 18.8 Å². The summed E-state index contributed by atoms with van der Waals surface area (Å²) in [6.07, 6.45) is 4.35. The Balaban J connectivity index is 1.52. The molecule has 2 heterocycles. The van der Waals surface area contributed by atoms with Gasteiger partial charge >= 0.3 is 5.97 Å². The van der Waals surface area contributed by atoms with Crippen molar-refractivity contribution in [1.29, 1.82) is 0 Å². The van der Waals surface area contributed by atoms with Crippen LogP contribution in [0.5, 0.6) is 0 Å². The van der Waals surface area contributed by atoms with Crippen molar-refractivity contribution >= 4 is 39.0 Å². The number of pyridine rings is 1. The number of benzene rings is 2. The SMILES string of the molecule is Cc1ccoc1C(=O)Nc1cccc(C#Cc2cc(C(=O)N=S(C)(=O)c3ccc(CCC(=O)O)cc3)cnc2N)c1. The Kier molecular flexibility index (Phi) is 8.65. The summed E-state index contributed by atoms with van der Waals surface area (Å²) in [4.78, 5) is 40.5. The molecule has 10 nitrogen and oxygen atoms in total. The van der Waals surface area contributed by atoms with Gasteiger partial charge in [-0.05, 0) is 61.4 Å². The molecule has 0 fully saturated rings. The molecular formula is C30H26N4O6S. The monoisotopic (exact) mass is 570 g/mol. The molecule has 2 amide bonds. The fourth-order valence-electron chi connectivity index (χ4n) is 3.72. The van der Waals surface area contributed by atoms with Gasteiger partial charge in [-0.25, -0.2) is 9.19 Å². The van der Waals surface area contributed by atoms with Gasteiger partial charge in [0.2, 0.25) is 0 Å². The first-order valence-corrected chi connectivity index (χ1v) is 14.2. The topological polar surface area (TPSA) is 165 Å². The van der Waals surface area contributed by atoms with Gasteiger partial charge in [-0.1, -0.05) is 30.0 Å². The number of aromatic nitrogens is 1. The molecule has 0 bridgehead atoms. The number of hydrogen-bond acceptors (Lipinski definition) is 7. The first-order valence-electron chi connectivity index (χ1n) is 12.3. The summed E-state index contributed by atoms with van der Waals surface area (Å²) in [5, 5.41) is 11.6. The molecule has 0 aliphatic heterocycles. The highest BCUT2D eigenvalue weighted by atomic mass is 32.2. The molecule has 4 aromatic rings. The maximum absolute atomic E-state index is 13.2. The molecule has 0 aliphatic rings. The zero-order valence-corrected chi connectivity index (χ0v) is 23.0. The van der Waals surface area contributed by atoms with Gasteiger partial charge in [0.1, 0.15) is 5.82 Å². The Morgan fingerprint density at radius 1 is 1.10 bits per heavy atom. The number of aryl methyl sites for hydroxylation is 2. The number of nitrogen functional groups attached to an aromatic ring is 1. The number of nitrogens with two attached hydrogens (primary N) is 1. The van der Waals surface area contributed by atoms with Gasteiger partial charge < -0.3 is 20.6 Å². The number of furan rings is 1. The van der Waals surface area contributed by atoms with Crippen molar-refractivity contribution in [3.63, 3.8) is 0 Å². The van der Waals surface area contributed by atoms with Crippen molar-refractivity contribution in [1.82, 2.24) is 4.98 Å². The molecule has 0 spiro atoms. The lowest BCUT2D eigenvalue weighted by molar-refractivity contribution is -0.136. The standard InChI is InChI=1S/C30H26N4O6S/c1-19-14-15-40-27(19)30(38)33-24-5-3-4-21(16-24)6-10-22-17-23(18-32-28(22)31)29(37)34-41(2,39)25-11-7-20(8-12-25)9-13-26(35)36/h3-5,7-8,11-12,14-18H,9,13H2,1-2H3,(H2,31,32)(H,33,38)(H,35,36). The predicted molar refractivity (Wildman–Crippen MR) is 154 cm³/mol. The van der Waals surface area contributed by atoms with Crippen molar-refractivity contribution in [3.05, 3.63) is 107 Å². The van der Waals surface area contributed by atoms with Crippen LogP contribution < -0.4 is 11.1 Å². The number of rotatable bonds is 7. The largest absolute Gasteiger partial charge is 0.481 e. The van der Waals surface area contributed by atoms with E-state index in [0.717, 1.165) is 5.56 Å². The Bertz CT molecular complexity index is 1820. The van der Waals surface area contributed by atoms with Gasteiger partial charge in [0.25, 0.3) is 11.8 Å². The van der Waals surface area contributed by atoms with E-state index in [-0.39, 0.29) is 35.0 Å². The quantitative estimate of drug-likeness (QED) is 0.273. The molecule has 2 aromatic heterocycles. The summed E-state index contributed by atoms with van der Waals surface area (Å²) in [6, 6.07) is 16.5. The summed E-state index contributed by atoms with van der Waals surface area (Å²) in [5.74, 6) is 4.10. The van der Waals surface area contributed by atoms with Crippen LogP contribution in [0.15, 0.2) is 86.8 Å². The number of carbonyl (C=O) groups excluding carboxylic acids is 2. The highest BCUT2D eigenvalue weighted by molar-refractivity contribution is 7.93. The van der Waals surface area contributed by atoms with Crippen molar-refractivity contribution in [2.75, 3.05) is 17.3 Å². The highest BCUT2D eigenvalue weighted by Crippen LogP contribution is 2.18. The number of amides is 2. The Hall–Kier alpha value is -5.21. The fraction of sp³-hybridized carbons (Fsp3) is 0.133. The van der Waals surface area contributed by atoms with Crippen LogP contribution in [0.4, 0.5) is 11.5 Å². The fourth-order valence-corrected chi connectivity index (χ4v) is 4.89. The summed E-state index contributed by atoms with van der Waals surface area (Å²) in [5.41, 5.74) is 8.88. The van der Waals surface area contributed by atoms with E-state index in [0.29, 0.717) is 28.1 Å². The van der Waals surface area contributed by atoms with Gasteiger partial charge in [-0.15, -0.1) is 0 Å².